The van der Waals surface area contributed by atoms with E-state index in [0.717, 1.165) is 5.56 Å². The largest absolute Gasteiger partial charge is 0.347 e. The maximum absolute atomic E-state index is 11.7. The van der Waals surface area contributed by atoms with E-state index in [1.54, 1.807) is 12.1 Å². The molecule has 8 heteroatoms. The van der Waals surface area contributed by atoms with Crippen molar-refractivity contribution in [2.45, 2.75) is 6.42 Å². The van der Waals surface area contributed by atoms with Crippen LogP contribution in [0, 0.1) is 10.1 Å². The Bertz CT molecular complexity index is 745. The summed E-state index contributed by atoms with van der Waals surface area (Å²) in [6, 6.07) is 12.4. The first-order valence-corrected chi connectivity index (χ1v) is 7.41. The van der Waals surface area contributed by atoms with Gasteiger partial charge in [-0.05, 0) is 36.2 Å². The van der Waals surface area contributed by atoms with Crippen molar-refractivity contribution in [3.8, 4) is 0 Å². The molecule has 2 N–H and O–H groups in total. The van der Waals surface area contributed by atoms with Gasteiger partial charge in [0.15, 0.2) is 0 Å². The number of non-ortho nitro benzene ring substituents is 1. The third-order valence-electron chi connectivity index (χ3n) is 3.15. The number of hydrogen-bond donors (Lipinski definition) is 2. The lowest BCUT2D eigenvalue weighted by Crippen LogP contribution is -2.36. The van der Waals surface area contributed by atoms with Crippen molar-refractivity contribution < 1.29 is 14.5 Å². The molecule has 0 spiro atoms. The summed E-state index contributed by atoms with van der Waals surface area (Å²) in [6.07, 6.45) is 0.563. The summed E-state index contributed by atoms with van der Waals surface area (Å²) in [5.74, 6) is -1.61. The van der Waals surface area contributed by atoms with Gasteiger partial charge in [-0.3, -0.25) is 19.7 Å². The summed E-state index contributed by atoms with van der Waals surface area (Å²) in [5, 5.41) is 16.0. The zero-order valence-corrected chi connectivity index (χ0v) is 13.2. The molecule has 0 saturated carbocycles. The molecule has 2 aromatic rings. The number of carbonyl (C=O) groups is 2. The number of nitro groups is 1. The van der Waals surface area contributed by atoms with Gasteiger partial charge in [-0.1, -0.05) is 23.7 Å². The van der Waals surface area contributed by atoms with Crippen molar-refractivity contribution in [1.82, 2.24) is 5.32 Å². The second kappa shape index (κ2) is 8.07. The van der Waals surface area contributed by atoms with Crippen molar-refractivity contribution in [1.29, 1.82) is 0 Å². The van der Waals surface area contributed by atoms with E-state index < -0.39 is 16.7 Å². The molecule has 0 aromatic heterocycles. The Labute approximate surface area is 142 Å². The average Bonchev–Trinajstić information content (AvgIpc) is 2.57. The van der Waals surface area contributed by atoms with Crippen molar-refractivity contribution in [2.24, 2.45) is 0 Å². The molecule has 0 saturated heterocycles. The van der Waals surface area contributed by atoms with Gasteiger partial charge in [0.2, 0.25) is 0 Å². The highest BCUT2D eigenvalue weighted by Crippen LogP contribution is 2.15. The van der Waals surface area contributed by atoms with E-state index in [1.165, 1.54) is 24.3 Å². The number of anilines is 1. The van der Waals surface area contributed by atoms with E-state index >= 15 is 0 Å². The average molecular weight is 348 g/mol. The molecule has 7 nitrogen and oxygen atoms in total. The van der Waals surface area contributed by atoms with E-state index in [1.807, 2.05) is 12.1 Å². The molecule has 0 radical (unpaired) electrons. The van der Waals surface area contributed by atoms with Crippen LogP contribution < -0.4 is 10.6 Å². The van der Waals surface area contributed by atoms with Crippen LogP contribution in [0.1, 0.15) is 5.56 Å². The van der Waals surface area contributed by atoms with Crippen LogP contribution in [0.25, 0.3) is 0 Å². The number of nitrogens with one attached hydrogen (secondary N) is 2. The van der Waals surface area contributed by atoms with E-state index in [2.05, 4.69) is 10.6 Å². The van der Waals surface area contributed by atoms with Crippen molar-refractivity contribution >= 4 is 34.8 Å². The number of halogens is 1. The third kappa shape index (κ3) is 5.06. The zero-order chi connectivity index (χ0) is 17.5. The van der Waals surface area contributed by atoms with Gasteiger partial charge in [-0.2, -0.15) is 0 Å². The standard InChI is InChI=1S/C16H14ClN3O4/c17-12-3-1-11(2-4-12)9-10-18-15(21)16(22)19-13-5-7-14(8-6-13)20(23)24/h1-8H,9-10H2,(H,18,21)(H,19,22). The van der Waals surface area contributed by atoms with Crippen molar-refractivity contribution in [2.75, 3.05) is 11.9 Å². The normalized spacial score (nSPS) is 10.0. The SMILES string of the molecule is O=C(NCCc1ccc(Cl)cc1)C(=O)Nc1ccc([N+](=O)[O-])cc1. The van der Waals surface area contributed by atoms with Crippen LogP contribution in [0.2, 0.25) is 5.02 Å². The molecule has 0 atom stereocenters. The Morgan fingerprint density at radius 2 is 1.62 bits per heavy atom. The van der Waals surface area contributed by atoms with Crippen LogP contribution in [0.3, 0.4) is 0 Å². The molecule has 0 aliphatic heterocycles. The van der Waals surface area contributed by atoms with Gasteiger partial charge in [0, 0.05) is 29.4 Å². The molecule has 2 amide bonds. The second-order valence-corrected chi connectivity index (χ2v) is 5.33. The second-order valence-electron chi connectivity index (χ2n) is 4.89. The van der Waals surface area contributed by atoms with Crippen molar-refractivity contribution in [3.05, 3.63) is 69.2 Å². The molecule has 0 heterocycles. The number of hydrogen-bond acceptors (Lipinski definition) is 4. The first kappa shape index (κ1) is 17.4. The molecule has 0 bridgehead atoms. The molecule has 0 aliphatic carbocycles. The number of rotatable bonds is 5. The maximum atomic E-state index is 11.7. The fourth-order valence-electron chi connectivity index (χ4n) is 1.91. The van der Waals surface area contributed by atoms with Crippen LogP contribution in [0.15, 0.2) is 48.5 Å². The van der Waals surface area contributed by atoms with Gasteiger partial charge in [0.05, 0.1) is 4.92 Å². The molecule has 124 valence electrons. The topological polar surface area (TPSA) is 101 Å². The van der Waals surface area contributed by atoms with Crippen molar-refractivity contribution in [3.63, 3.8) is 0 Å². The predicted octanol–water partition coefficient (Wildman–Crippen LogP) is 2.55. The fraction of sp³-hybridized carbons (Fsp3) is 0.125. The summed E-state index contributed by atoms with van der Waals surface area (Å²) in [6.45, 7) is 0.300. The fourth-order valence-corrected chi connectivity index (χ4v) is 2.03. The molecule has 2 aromatic carbocycles. The Morgan fingerprint density at radius 3 is 2.21 bits per heavy atom. The van der Waals surface area contributed by atoms with E-state index in [-0.39, 0.29) is 5.69 Å². The lowest BCUT2D eigenvalue weighted by molar-refractivity contribution is -0.384. The van der Waals surface area contributed by atoms with Gasteiger partial charge < -0.3 is 10.6 Å². The van der Waals surface area contributed by atoms with Gasteiger partial charge in [0.1, 0.15) is 0 Å². The highest BCUT2D eigenvalue weighted by molar-refractivity contribution is 6.39. The number of nitro benzene ring substituents is 1. The number of benzene rings is 2. The van der Waals surface area contributed by atoms with Gasteiger partial charge in [0.25, 0.3) is 5.69 Å². The molecule has 24 heavy (non-hydrogen) atoms. The Morgan fingerprint density at radius 1 is 1.00 bits per heavy atom. The van der Waals surface area contributed by atoms with Crippen LogP contribution in [0.5, 0.6) is 0 Å². The molecular formula is C16H14ClN3O4. The summed E-state index contributed by atoms with van der Waals surface area (Å²) < 4.78 is 0. The monoisotopic (exact) mass is 347 g/mol. The smallest absolute Gasteiger partial charge is 0.313 e. The zero-order valence-electron chi connectivity index (χ0n) is 12.5. The minimum Gasteiger partial charge on any atom is -0.347 e. The summed E-state index contributed by atoms with van der Waals surface area (Å²) in [7, 11) is 0. The maximum Gasteiger partial charge on any atom is 0.313 e. The van der Waals surface area contributed by atoms with Crippen LogP contribution in [-0.2, 0) is 16.0 Å². The van der Waals surface area contributed by atoms with Crippen LogP contribution in [-0.4, -0.2) is 23.3 Å². The summed E-state index contributed by atoms with van der Waals surface area (Å²) >= 11 is 5.78. The summed E-state index contributed by atoms with van der Waals surface area (Å²) in [5.41, 5.74) is 1.19. The van der Waals surface area contributed by atoms with E-state index in [0.29, 0.717) is 23.7 Å². The van der Waals surface area contributed by atoms with Crippen LogP contribution >= 0.6 is 11.6 Å². The number of carbonyl (C=O) groups excluding carboxylic acids is 2. The molecule has 0 unspecified atom stereocenters. The minimum atomic E-state index is -0.833. The Kier molecular flexibility index (Phi) is 5.86. The first-order chi connectivity index (χ1) is 11.5. The van der Waals surface area contributed by atoms with E-state index in [9.17, 15) is 19.7 Å². The Hall–Kier alpha value is -2.93. The number of amides is 2. The predicted molar refractivity (Wildman–Crippen MR) is 89.9 cm³/mol. The first-order valence-electron chi connectivity index (χ1n) is 7.04. The third-order valence-corrected chi connectivity index (χ3v) is 3.41. The Balaban J connectivity index is 1.80. The van der Waals surface area contributed by atoms with E-state index in [4.69, 9.17) is 11.6 Å². The lowest BCUT2D eigenvalue weighted by Gasteiger charge is -2.06. The molecule has 0 fully saturated rings. The number of nitrogens with zero attached hydrogens (tertiary/aromatic N) is 1. The lowest BCUT2D eigenvalue weighted by atomic mass is 10.1. The molecular weight excluding hydrogens is 334 g/mol. The minimum absolute atomic E-state index is 0.0968. The summed E-state index contributed by atoms with van der Waals surface area (Å²) in [4.78, 5) is 33.5. The highest BCUT2D eigenvalue weighted by Gasteiger charge is 2.13. The van der Waals surface area contributed by atoms with Crippen LogP contribution in [0.4, 0.5) is 11.4 Å². The highest BCUT2D eigenvalue weighted by atomic mass is 35.5. The van der Waals surface area contributed by atoms with Gasteiger partial charge in [-0.25, -0.2) is 0 Å². The van der Waals surface area contributed by atoms with Gasteiger partial charge in [-0.15, -0.1) is 0 Å². The molecule has 0 aliphatic rings. The quantitative estimate of drug-likeness (QED) is 0.493. The van der Waals surface area contributed by atoms with Gasteiger partial charge >= 0.3 is 11.8 Å². The molecule has 2 rings (SSSR count).